The van der Waals surface area contributed by atoms with E-state index in [1.807, 2.05) is 6.92 Å². The number of hydrazone groups is 1. The van der Waals surface area contributed by atoms with Crippen LogP contribution in [0.15, 0.2) is 63.2 Å². The molecule has 1 amide bonds. The number of H-pyrrole nitrogens is 1. The number of rotatable bonds is 5. The molecule has 9 heteroatoms. The molecule has 4 N–H and O–H groups in total. The van der Waals surface area contributed by atoms with Crippen LogP contribution in [0.1, 0.15) is 28.4 Å². The molecule has 3 aromatic rings. The number of nitrogens with zero attached hydrogens (tertiary/aromatic N) is 2. The number of aromatic amines is 1. The van der Waals surface area contributed by atoms with E-state index in [2.05, 4.69) is 15.5 Å². The number of carbonyl (C=O) groups is 1. The van der Waals surface area contributed by atoms with Gasteiger partial charge in [0.15, 0.2) is 0 Å². The quantitative estimate of drug-likeness (QED) is 0.381. The lowest BCUT2D eigenvalue weighted by Gasteiger charge is -2.10. The third kappa shape index (κ3) is 4.08. The van der Waals surface area contributed by atoms with E-state index in [1.165, 1.54) is 12.1 Å². The molecule has 1 aromatic heterocycles. The van der Waals surface area contributed by atoms with Crippen LogP contribution >= 0.6 is 0 Å². The van der Waals surface area contributed by atoms with Gasteiger partial charge >= 0.3 is 5.69 Å². The number of carbonyl (C=O) groups excluding carboxylic acids is 1. The zero-order chi connectivity index (χ0) is 21.0. The van der Waals surface area contributed by atoms with Gasteiger partial charge in [-0.25, -0.2) is 14.8 Å². The van der Waals surface area contributed by atoms with E-state index in [0.717, 1.165) is 22.8 Å². The summed E-state index contributed by atoms with van der Waals surface area (Å²) >= 11 is 0. The fourth-order valence-electron chi connectivity index (χ4n) is 2.66. The normalized spacial score (nSPS) is 10.9. The van der Waals surface area contributed by atoms with Gasteiger partial charge in [0.2, 0.25) is 5.88 Å². The zero-order valence-electron chi connectivity index (χ0n) is 15.4. The van der Waals surface area contributed by atoms with Crippen molar-refractivity contribution in [2.45, 2.75) is 13.3 Å². The molecule has 0 atom stereocenters. The van der Waals surface area contributed by atoms with E-state index < -0.39 is 23.0 Å². The average Bonchev–Trinajstić information content (AvgIpc) is 2.71. The van der Waals surface area contributed by atoms with Gasteiger partial charge in [-0.05, 0) is 36.2 Å². The standard InChI is InChI=1S/C20H18N4O5/c1-2-12-7-9-13(10-8-12)24-19(28)15(17(26)22-20(24)29)11-21-23-18(27)14-5-3-4-6-16(14)25/h3-11,25,28H,2H2,1H3,(H,23,27)(H,22,26,29). The number of para-hydroxylation sites is 1. The van der Waals surface area contributed by atoms with Crippen molar-refractivity contribution in [2.24, 2.45) is 5.10 Å². The molecule has 29 heavy (non-hydrogen) atoms. The van der Waals surface area contributed by atoms with Crippen molar-refractivity contribution < 1.29 is 15.0 Å². The number of aryl methyl sites for hydroxylation is 1. The molecule has 0 aliphatic rings. The molecule has 9 nitrogen and oxygen atoms in total. The molecule has 148 valence electrons. The van der Waals surface area contributed by atoms with Crippen LogP contribution in [0.4, 0.5) is 0 Å². The maximum atomic E-state index is 12.2. The van der Waals surface area contributed by atoms with Gasteiger partial charge in [0, 0.05) is 0 Å². The predicted molar refractivity (Wildman–Crippen MR) is 107 cm³/mol. The Hall–Kier alpha value is -4.14. The van der Waals surface area contributed by atoms with Crippen molar-refractivity contribution >= 4 is 12.1 Å². The second kappa shape index (κ2) is 8.26. The number of phenolic OH excluding ortho intramolecular Hbond substituents is 1. The summed E-state index contributed by atoms with van der Waals surface area (Å²) in [7, 11) is 0. The van der Waals surface area contributed by atoms with E-state index in [9.17, 15) is 24.6 Å². The van der Waals surface area contributed by atoms with E-state index in [1.54, 1.807) is 36.4 Å². The lowest BCUT2D eigenvalue weighted by molar-refractivity contribution is 0.0952. The van der Waals surface area contributed by atoms with Crippen LogP contribution in [0.3, 0.4) is 0 Å². The minimum atomic E-state index is -0.866. The molecular weight excluding hydrogens is 376 g/mol. The Balaban J connectivity index is 1.92. The summed E-state index contributed by atoms with van der Waals surface area (Å²) in [5, 5.41) is 23.8. The number of nitrogens with one attached hydrogen (secondary N) is 2. The Bertz CT molecular complexity index is 1190. The van der Waals surface area contributed by atoms with Gasteiger partial charge in [-0.3, -0.25) is 14.6 Å². The summed E-state index contributed by atoms with van der Waals surface area (Å²) in [6.07, 6.45) is 1.73. The fraction of sp³-hybridized carbons (Fsp3) is 0.100. The highest BCUT2D eigenvalue weighted by Crippen LogP contribution is 2.17. The van der Waals surface area contributed by atoms with Crippen LogP contribution in [-0.2, 0) is 6.42 Å². The maximum Gasteiger partial charge on any atom is 0.335 e. The fourth-order valence-corrected chi connectivity index (χ4v) is 2.66. The summed E-state index contributed by atoms with van der Waals surface area (Å²) in [4.78, 5) is 38.4. The Morgan fingerprint density at radius 1 is 1.14 bits per heavy atom. The molecule has 0 aliphatic heterocycles. The molecule has 0 radical (unpaired) electrons. The maximum absolute atomic E-state index is 12.2. The smallest absolute Gasteiger partial charge is 0.335 e. The summed E-state index contributed by atoms with van der Waals surface area (Å²) in [6, 6.07) is 12.7. The summed E-state index contributed by atoms with van der Waals surface area (Å²) < 4.78 is 0.924. The molecule has 3 rings (SSSR count). The highest BCUT2D eigenvalue weighted by molar-refractivity contribution is 5.97. The number of aromatic nitrogens is 2. The van der Waals surface area contributed by atoms with Gasteiger partial charge in [0.1, 0.15) is 11.3 Å². The van der Waals surface area contributed by atoms with Crippen LogP contribution in [0.25, 0.3) is 5.69 Å². The van der Waals surface area contributed by atoms with Crippen molar-refractivity contribution in [3.63, 3.8) is 0 Å². The number of hydrogen-bond donors (Lipinski definition) is 4. The average molecular weight is 394 g/mol. The first kappa shape index (κ1) is 19.6. The number of aromatic hydroxyl groups is 2. The molecule has 0 spiro atoms. The molecular formula is C20H18N4O5. The van der Waals surface area contributed by atoms with Crippen LogP contribution in [0, 0.1) is 0 Å². The van der Waals surface area contributed by atoms with Gasteiger partial charge < -0.3 is 10.2 Å². The SMILES string of the molecule is CCc1ccc(-n2c(O)c(C=NNC(=O)c3ccccc3O)c(=O)[nH]c2=O)cc1. The summed E-state index contributed by atoms with van der Waals surface area (Å²) in [5.41, 5.74) is 1.54. The zero-order valence-corrected chi connectivity index (χ0v) is 15.4. The van der Waals surface area contributed by atoms with Crippen LogP contribution < -0.4 is 16.7 Å². The van der Waals surface area contributed by atoms with E-state index >= 15 is 0 Å². The molecule has 0 aliphatic carbocycles. The van der Waals surface area contributed by atoms with Crippen molar-refractivity contribution in [1.29, 1.82) is 0 Å². The van der Waals surface area contributed by atoms with Gasteiger partial charge in [-0.1, -0.05) is 31.2 Å². The molecule has 0 bridgehead atoms. The minimum absolute atomic E-state index is 0.0104. The monoisotopic (exact) mass is 394 g/mol. The third-order valence-corrected chi connectivity index (χ3v) is 4.23. The lowest BCUT2D eigenvalue weighted by Crippen LogP contribution is -2.31. The summed E-state index contributed by atoms with van der Waals surface area (Å²) in [5.74, 6) is -1.56. The largest absolute Gasteiger partial charge is 0.507 e. The Labute approximate surface area is 164 Å². The molecule has 0 unspecified atom stereocenters. The van der Waals surface area contributed by atoms with Gasteiger partial charge in [-0.2, -0.15) is 5.10 Å². The Morgan fingerprint density at radius 2 is 1.83 bits per heavy atom. The first-order valence-electron chi connectivity index (χ1n) is 8.71. The van der Waals surface area contributed by atoms with Crippen molar-refractivity contribution in [1.82, 2.24) is 15.0 Å². The van der Waals surface area contributed by atoms with Crippen molar-refractivity contribution in [2.75, 3.05) is 0 Å². The topological polar surface area (TPSA) is 137 Å². The predicted octanol–water partition coefficient (Wildman–Crippen LogP) is 1.26. The Kier molecular flexibility index (Phi) is 5.59. The van der Waals surface area contributed by atoms with Gasteiger partial charge in [0.25, 0.3) is 11.5 Å². The van der Waals surface area contributed by atoms with Crippen LogP contribution in [0.5, 0.6) is 11.6 Å². The van der Waals surface area contributed by atoms with Crippen LogP contribution in [-0.4, -0.2) is 31.9 Å². The molecule has 0 fully saturated rings. The second-order valence-corrected chi connectivity index (χ2v) is 6.07. The minimum Gasteiger partial charge on any atom is -0.507 e. The number of hydrogen-bond acceptors (Lipinski definition) is 6. The van der Waals surface area contributed by atoms with E-state index in [-0.39, 0.29) is 16.9 Å². The van der Waals surface area contributed by atoms with Crippen molar-refractivity contribution in [3.8, 4) is 17.3 Å². The van der Waals surface area contributed by atoms with E-state index in [4.69, 9.17) is 0 Å². The molecule has 0 saturated carbocycles. The Morgan fingerprint density at radius 3 is 2.48 bits per heavy atom. The third-order valence-electron chi connectivity index (χ3n) is 4.23. The van der Waals surface area contributed by atoms with Gasteiger partial charge in [0.05, 0.1) is 17.5 Å². The number of phenols is 1. The van der Waals surface area contributed by atoms with Crippen molar-refractivity contribution in [3.05, 3.63) is 86.1 Å². The summed E-state index contributed by atoms with van der Waals surface area (Å²) in [6.45, 7) is 1.98. The molecule has 2 aromatic carbocycles. The first-order chi connectivity index (χ1) is 13.9. The highest BCUT2D eigenvalue weighted by atomic mass is 16.3. The molecule has 1 heterocycles. The lowest BCUT2D eigenvalue weighted by atomic mass is 10.1. The number of benzene rings is 2. The highest BCUT2D eigenvalue weighted by Gasteiger charge is 2.15. The second-order valence-electron chi connectivity index (χ2n) is 6.07. The van der Waals surface area contributed by atoms with Gasteiger partial charge in [-0.15, -0.1) is 0 Å². The van der Waals surface area contributed by atoms with Crippen LogP contribution in [0.2, 0.25) is 0 Å². The number of amides is 1. The molecule has 0 saturated heterocycles. The first-order valence-corrected chi connectivity index (χ1v) is 8.71. The van der Waals surface area contributed by atoms with E-state index in [0.29, 0.717) is 5.69 Å².